The lowest BCUT2D eigenvalue weighted by molar-refractivity contribution is -0.143. The Morgan fingerprint density at radius 1 is 0.912 bits per heavy atom. The summed E-state index contributed by atoms with van der Waals surface area (Å²) >= 11 is 0. The van der Waals surface area contributed by atoms with Crippen molar-refractivity contribution in [3.05, 3.63) is 0 Å². The monoisotopic (exact) mass is 486 g/mol. The van der Waals surface area contributed by atoms with Gasteiger partial charge in [-0.15, -0.1) is 0 Å². The molecule has 1 aliphatic heterocycles. The molecule has 0 aromatic heterocycles. The summed E-state index contributed by atoms with van der Waals surface area (Å²) in [6, 6.07) is -4.54. The number of amides is 4. The van der Waals surface area contributed by atoms with Gasteiger partial charge in [-0.25, -0.2) is 4.79 Å². The van der Waals surface area contributed by atoms with E-state index in [1.54, 1.807) is 0 Å². The second kappa shape index (κ2) is 14.8. The van der Waals surface area contributed by atoms with E-state index in [9.17, 15) is 33.9 Å². The largest absolute Gasteiger partial charge is 0.481 e. The molecule has 0 aliphatic carbocycles. The molecule has 0 bridgehead atoms. The van der Waals surface area contributed by atoms with Crippen LogP contribution in [0.5, 0.6) is 0 Å². The van der Waals surface area contributed by atoms with Crippen LogP contribution in [0.4, 0.5) is 0 Å². The highest BCUT2D eigenvalue weighted by atomic mass is 16.4. The molecule has 1 aliphatic rings. The minimum atomic E-state index is -1.55. The fourth-order valence-electron chi connectivity index (χ4n) is 3.42. The maximum Gasteiger partial charge on any atom is 0.326 e. The van der Waals surface area contributed by atoms with Crippen molar-refractivity contribution in [2.24, 2.45) is 11.5 Å². The van der Waals surface area contributed by atoms with Gasteiger partial charge < -0.3 is 42.9 Å². The number of carboxylic acids is 2. The minimum absolute atomic E-state index is 0.225. The predicted molar refractivity (Wildman–Crippen MR) is 118 cm³/mol. The summed E-state index contributed by atoms with van der Waals surface area (Å²) < 4.78 is 0. The van der Waals surface area contributed by atoms with E-state index in [2.05, 4.69) is 21.3 Å². The number of carbonyl (C=O) groups is 6. The van der Waals surface area contributed by atoms with Gasteiger partial charge in [0.05, 0.1) is 12.5 Å². The van der Waals surface area contributed by atoms with Gasteiger partial charge in [-0.1, -0.05) is 0 Å². The highest BCUT2D eigenvalue weighted by Crippen LogP contribution is 2.08. The Labute approximate surface area is 196 Å². The van der Waals surface area contributed by atoms with Crippen molar-refractivity contribution < 1.29 is 39.0 Å². The van der Waals surface area contributed by atoms with E-state index in [4.69, 9.17) is 16.6 Å². The fourth-order valence-corrected chi connectivity index (χ4v) is 3.42. The summed E-state index contributed by atoms with van der Waals surface area (Å²) in [4.78, 5) is 71.6. The van der Waals surface area contributed by atoms with Gasteiger partial charge in [-0.05, 0) is 51.6 Å². The average molecular weight is 487 g/mol. The molecule has 34 heavy (non-hydrogen) atoms. The second-order valence-electron chi connectivity index (χ2n) is 8.06. The molecule has 1 heterocycles. The Balaban J connectivity index is 2.91. The van der Waals surface area contributed by atoms with Crippen LogP contribution in [0.15, 0.2) is 0 Å². The number of primary amides is 1. The van der Waals surface area contributed by atoms with Crippen molar-refractivity contribution >= 4 is 35.6 Å². The van der Waals surface area contributed by atoms with Crippen molar-refractivity contribution in [2.45, 2.75) is 75.5 Å². The van der Waals surface area contributed by atoms with Crippen LogP contribution in [0, 0.1) is 0 Å². The Kier molecular flexibility index (Phi) is 12.5. The van der Waals surface area contributed by atoms with E-state index in [0.29, 0.717) is 32.4 Å². The summed E-state index contributed by atoms with van der Waals surface area (Å²) in [6.45, 7) is 1.06. The predicted octanol–water partition coefficient (Wildman–Crippen LogP) is -2.85. The molecule has 0 radical (unpaired) electrons. The standard InChI is InChI=1S/C20H34N6O8/c21-8-2-1-4-12(24-17(30)11-5-3-9-23-11)18(31)26-14(10-15(22)27)19(32)25-13(20(33)34)6-7-16(28)29/h11-14,23H,1-10,21H2,(H2,22,27)(H,24,30)(H,25,32)(H,26,31)(H,28,29)(H,33,34). The molecule has 4 amide bonds. The van der Waals surface area contributed by atoms with Crippen LogP contribution < -0.4 is 32.7 Å². The van der Waals surface area contributed by atoms with Crippen LogP contribution in [0.25, 0.3) is 0 Å². The summed E-state index contributed by atoms with van der Waals surface area (Å²) in [6.07, 6.45) is 1.21. The first-order chi connectivity index (χ1) is 16.0. The molecule has 0 saturated carbocycles. The normalized spacial score (nSPS) is 17.7. The second-order valence-corrected chi connectivity index (χ2v) is 8.06. The maximum atomic E-state index is 12.9. The highest BCUT2D eigenvalue weighted by Gasteiger charge is 2.32. The molecule has 10 N–H and O–H groups in total. The van der Waals surface area contributed by atoms with Crippen LogP contribution in [0.2, 0.25) is 0 Å². The Morgan fingerprint density at radius 2 is 1.56 bits per heavy atom. The molecule has 14 heteroatoms. The third kappa shape index (κ3) is 10.6. The highest BCUT2D eigenvalue weighted by molar-refractivity contribution is 5.96. The van der Waals surface area contributed by atoms with Crippen LogP contribution in [0.1, 0.15) is 51.4 Å². The van der Waals surface area contributed by atoms with Gasteiger partial charge in [0.25, 0.3) is 0 Å². The van der Waals surface area contributed by atoms with Crippen LogP contribution >= 0.6 is 0 Å². The number of nitrogens with one attached hydrogen (secondary N) is 4. The van der Waals surface area contributed by atoms with Crippen molar-refractivity contribution in [2.75, 3.05) is 13.1 Å². The molecule has 4 atom stereocenters. The van der Waals surface area contributed by atoms with E-state index in [1.807, 2.05) is 0 Å². The SMILES string of the molecule is NCCCCC(NC(=O)C1CCCN1)C(=O)NC(CC(N)=O)C(=O)NC(CCC(=O)O)C(=O)O. The third-order valence-electron chi connectivity index (χ3n) is 5.26. The topological polar surface area (TPSA) is 243 Å². The van der Waals surface area contributed by atoms with E-state index in [1.165, 1.54) is 0 Å². The maximum absolute atomic E-state index is 12.9. The van der Waals surface area contributed by atoms with Crippen LogP contribution in [0.3, 0.4) is 0 Å². The lowest BCUT2D eigenvalue weighted by Gasteiger charge is -2.24. The quantitative estimate of drug-likeness (QED) is 0.104. The number of hydrogen-bond donors (Lipinski definition) is 8. The number of rotatable bonds is 16. The summed E-state index contributed by atoms with van der Waals surface area (Å²) in [5.74, 6) is -5.81. The zero-order valence-corrected chi connectivity index (χ0v) is 18.9. The minimum Gasteiger partial charge on any atom is -0.481 e. The van der Waals surface area contributed by atoms with E-state index in [-0.39, 0.29) is 12.3 Å². The van der Waals surface area contributed by atoms with E-state index in [0.717, 1.165) is 6.42 Å². The van der Waals surface area contributed by atoms with Gasteiger partial charge in [0.15, 0.2) is 0 Å². The van der Waals surface area contributed by atoms with Crippen LogP contribution in [-0.4, -0.2) is 83.0 Å². The number of unbranched alkanes of at least 4 members (excludes halogenated alkanes) is 1. The van der Waals surface area contributed by atoms with Gasteiger partial charge in [0, 0.05) is 6.42 Å². The molecule has 0 aromatic rings. The zero-order chi connectivity index (χ0) is 25.7. The molecule has 1 saturated heterocycles. The number of carboxylic acid groups (broad SMARTS) is 2. The number of hydrogen-bond acceptors (Lipinski definition) is 8. The van der Waals surface area contributed by atoms with Gasteiger partial charge in [-0.2, -0.15) is 0 Å². The molecule has 0 aromatic carbocycles. The number of aliphatic carboxylic acids is 2. The Hall–Kier alpha value is -3.26. The van der Waals surface area contributed by atoms with Crippen molar-refractivity contribution in [1.82, 2.24) is 21.3 Å². The van der Waals surface area contributed by atoms with Gasteiger partial charge in [-0.3, -0.25) is 24.0 Å². The number of nitrogens with two attached hydrogens (primary N) is 2. The lowest BCUT2D eigenvalue weighted by atomic mass is 10.1. The fraction of sp³-hybridized carbons (Fsp3) is 0.700. The van der Waals surface area contributed by atoms with Crippen molar-refractivity contribution in [3.8, 4) is 0 Å². The third-order valence-corrected chi connectivity index (χ3v) is 5.26. The molecule has 1 rings (SSSR count). The first kappa shape index (κ1) is 28.8. The molecule has 1 fully saturated rings. The molecule has 0 spiro atoms. The summed E-state index contributed by atoms with van der Waals surface area (Å²) in [5.41, 5.74) is 10.7. The van der Waals surface area contributed by atoms with Gasteiger partial charge in [0.1, 0.15) is 18.1 Å². The molecular weight excluding hydrogens is 452 g/mol. The molecule has 192 valence electrons. The van der Waals surface area contributed by atoms with Crippen molar-refractivity contribution in [1.29, 1.82) is 0 Å². The number of carbonyl (C=O) groups excluding carboxylic acids is 4. The first-order valence-electron chi connectivity index (χ1n) is 11.1. The van der Waals surface area contributed by atoms with E-state index >= 15 is 0 Å². The summed E-state index contributed by atoms with van der Waals surface area (Å²) in [7, 11) is 0. The zero-order valence-electron chi connectivity index (χ0n) is 18.9. The molecule has 14 nitrogen and oxygen atoms in total. The average Bonchev–Trinajstić information content (AvgIpc) is 3.29. The smallest absolute Gasteiger partial charge is 0.326 e. The summed E-state index contributed by atoms with van der Waals surface area (Å²) in [5, 5.41) is 28.1. The Bertz CT molecular complexity index is 755. The molecular formula is C20H34N6O8. The first-order valence-corrected chi connectivity index (χ1v) is 11.1. The van der Waals surface area contributed by atoms with Gasteiger partial charge in [0.2, 0.25) is 23.6 Å². The van der Waals surface area contributed by atoms with E-state index < -0.39 is 73.1 Å². The molecule has 4 unspecified atom stereocenters. The van der Waals surface area contributed by atoms with Gasteiger partial charge >= 0.3 is 11.9 Å². The lowest BCUT2D eigenvalue weighted by Crippen LogP contribution is -2.57. The van der Waals surface area contributed by atoms with Crippen molar-refractivity contribution in [3.63, 3.8) is 0 Å². The van der Waals surface area contributed by atoms with Crippen LogP contribution in [-0.2, 0) is 28.8 Å². The Morgan fingerprint density at radius 3 is 2.09 bits per heavy atom.